The van der Waals surface area contributed by atoms with Crippen molar-refractivity contribution in [3.8, 4) is 0 Å². The van der Waals surface area contributed by atoms with Crippen molar-refractivity contribution in [3.05, 3.63) is 22.3 Å². The van der Waals surface area contributed by atoms with Crippen LogP contribution >= 0.6 is 0 Å². The maximum atomic E-state index is 12.0. The molecule has 4 heteroatoms. The molecule has 0 saturated carbocycles. The quantitative estimate of drug-likeness (QED) is 0.670. The number of ketones is 2. The van der Waals surface area contributed by atoms with Crippen molar-refractivity contribution in [2.24, 2.45) is 0 Å². The standard InChI is InChI=1S/C12H16O4/c1-7-9(5-15-3)12(14)10(6-16-4)8(2)11(7)13/h5-6H2,1-4H3. The summed E-state index contributed by atoms with van der Waals surface area (Å²) in [7, 11) is 3.00. The minimum atomic E-state index is -0.140. The van der Waals surface area contributed by atoms with Crippen LogP contribution in [0.1, 0.15) is 13.8 Å². The highest BCUT2D eigenvalue weighted by Gasteiger charge is 2.29. The largest absolute Gasteiger partial charge is 0.380 e. The fourth-order valence-electron chi connectivity index (χ4n) is 1.71. The van der Waals surface area contributed by atoms with Crippen LogP contribution in [0.15, 0.2) is 22.3 Å². The van der Waals surface area contributed by atoms with E-state index in [9.17, 15) is 9.59 Å². The maximum absolute atomic E-state index is 12.0. The summed E-state index contributed by atoms with van der Waals surface area (Å²) in [5.41, 5.74) is 1.82. The molecule has 4 nitrogen and oxygen atoms in total. The molecule has 0 radical (unpaired) electrons. The Balaban J connectivity index is 3.16. The van der Waals surface area contributed by atoms with Crippen molar-refractivity contribution in [1.82, 2.24) is 0 Å². The van der Waals surface area contributed by atoms with Crippen LogP contribution < -0.4 is 0 Å². The summed E-state index contributed by atoms with van der Waals surface area (Å²) in [6, 6.07) is 0. The third kappa shape index (κ3) is 2.13. The lowest BCUT2D eigenvalue weighted by Crippen LogP contribution is -2.26. The van der Waals surface area contributed by atoms with Crippen molar-refractivity contribution in [2.75, 3.05) is 27.4 Å². The zero-order valence-electron chi connectivity index (χ0n) is 10.0. The topological polar surface area (TPSA) is 52.6 Å². The van der Waals surface area contributed by atoms with Gasteiger partial charge >= 0.3 is 0 Å². The van der Waals surface area contributed by atoms with Crippen LogP contribution in [0.2, 0.25) is 0 Å². The molecule has 0 aromatic rings. The maximum Gasteiger partial charge on any atom is 0.190 e. The first-order valence-corrected chi connectivity index (χ1v) is 5.01. The van der Waals surface area contributed by atoms with Crippen LogP contribution in [0.25, 0.3) is 0 Å². The lowest BCUT2D eigenvalue weighted by atomic mass is 9.86. The molecule has 1 rings (SSSR count). The first-order chi connectivity index (χ1) is 7.54. The van der Waals surface area contributed by atoms with Gasteiger partial charge in [-0.3, -0.25) is 9.59 Å². The highest BCUT2D eigenvalue weighted by Crippen LogP contribution is 2.24. The van der Waals surface area contributed by atoms with Gasteiger partial charge in [-0.25, -0.2) is 0 Å². The molecule has 0 unspecified atom stereocenters. The molecule has 1 aliphatic rings. The summed E-state index contributed by atoms with van der Waals surface area (Å²) < 4.78 is 9.88. The predicted molar refractivity (Wildman–Crippen MR) is 59.2 cm³/mol. The van der Waals surface area contributed by atoms with E-state index in [1.54, 1.807) is 13.8 Å². The molecule has 0 amide bonds. The van der Waals surface area contributed by atoms with Gasteiger partial charge in [-0.1, -0.05) is 0 Å². The van der Waals surface area contributed by atoms with E-state index < -0.39 is 0 Å². The van der Waals surface area contributed by atoms with E-state index in [0.717, 1.165) is 0 Å². The average molecular weight is 224 g/mol. The normalized spacial score (nSPS) is 17.5. The number of hydrogen-bond acceptors (Lipinski definition) is 4. The molecule has 1 aliphatic carbocycles. The Morgan fingerprint density at radius 2 is 1.19 bits per heavy atom. The van der Waals surface area contributed by atoms with E-state index in [-0.39, 0.29) is 24.8 Å². The van der Waals surface area contributed by atoms with Gasteiger partial charge in [0.1, 0.15) is 0 Å². The Labute approximate surface area is 94.9 Å². The summed E-state index contributed by atoms with van der Waals surface area (Å²) in [6.45, 7) is 3.64. The Kier molecular flexibility index (Phi) is 4.15. The lowest BCUT2D eigenvalue weighted by Gasteiger charge is -2.19. The first kappa shape index (κ1) is 12.8. The highest BCUT2D eigenvalue weighted by atomic mass is 16.5. The molecule has 0 atom stereocenters. The van der Waals surface area contributed by atoms with Gasteiger partial charge in [-0.15, -0.1) is 0 Å². The highest BCUT2D eigenvalue weighted by molar-refractivity contribution is 6.25. The molecule has 16 heavy (non-hydrogen) atoms. The van der Waals surface area contributed by atoms with Crippen LogP contribution in [-0.4, -0.2) is 39.0 Å². The lowest BCUT2D eigenvalue weighted by molar-refractivity contribution is -0.117. The molecule has 0 spiro atoms. The second-order valence-electron chi connectivity index (χ2n) is 3.73. The molecule has 0 heterocycles. The van der Waals surface area contributed by atoms with Gasteiger partial charge in [0, 0.05) is 36.5 Å². The molecule has 0 aromatic heterocycles. The third-order valence-corrected chi connectivity index (χ3v) is 2.71. The fraction of sp³-hybridized carbons (Fsp3) is 0.500. The van der Waals surface area contributed by atoms with E-state index in [0.29, 0.717) is 22.3 Å². The van der Waals surface area contributed by atoms with E-state index in [4.69, 9.17) is 9.47 Å². The van der Waals surface area contributed by atoms with Crippen LogP contribution in [0, 0.1) is 0 Å². The first-order valence-electron chi connectivity index (χ1n) is 5.01. The zero-order valence-corrected chi connectivity index (χ0v) is 10.0. The van der Waals surface area contributed by atoms with Crippen LogP contribution in [-0.2, 0) is 19.1 Å². The molecule has 0 saturated heterocycles. The number of carbonyl (C=O) groups is 2. The number of allylic oxidation sites excluding steroid dienone is 2. The molecule has 0 N–H and O–H groups in total. The van der Waals surface area contributed by atoms with Crippen LogP contribution in [0.3, 0.4) is 0 Å². The molecular weight excluding hydrogens is 208 g/mol. The Bertz CT molecular complexity index is 354. The van der Waals surface area contributed by atoms with Gasteiger partial charge in [0.15, 0.2) is 11.6 Å². The monoisotopic (exact) mass is 224 g/mol. The average Bonchev–Trinajstić information content (AvgIpc) is 2.28. The van der Waals surface area contributed by atoms with Gasteiger partial charge in [-0.05, 0) is 13.8 Å². The molecule has 88 valence electrons. The molecular formula is C12H16O4. The SMILES string of the molecule is COCC1=C(C)C(=O)C(C)=C(COC)C1=O. The minimum Gasteiger partial charge on any atom is -0.380 e. The van der Waals surface area contributed by atoms with E-state index >= 15 is 0 Å². The van der Waals surface area contributed by atoms with Crippen molar-refractivity contribution in [1.29, 1.82) is 0 Å². The predicted octanol–water partition coefficient (Wildman–Crippen LogP) is 1.06. The number of Topliss-reactive ketones (excluding diaryl/α,β-unsaturated/α-hetero) is 2. The number of ether oxygens (including phenoxy) is 2. The molecule has 0 bridgehead atoms. The van der Waals surface area contributed by atoms with Gasteiger partial charge in [0.2, 0.25) is 0 Å². The van der Waals surface area contributed by atoms with Gasteiger partial charge < -0.3 is 9.47 Å². The summed E-state index contributed by atoms with van der Waals surface area (Å²) in [4.78, 5) is 23.9. The molecule has 0 aliphatic heterocycles. The van der Waals surface area contributed by atoms with Crippen molar-refractivity contribution < 1.29 is 19.1 Å². The van der Waals surface area contributed by atoms with Crippen molar-refractivity contribution >= 4 is 11.6 Å². The number of carbonyl (C=O) groups excluding carboxylic acids is 2. The smallest absolute Gasteiger partial charge is 0.190 e. The molecule has 0 fully saturated rings. The van der Waals surface area contributed by atoms with Crippen LogP contribution in [0.4, 0.5) is 0 Å². The summed E-state index contributed by atoms with van der Waals surface area (Å²) in [5.74, 6) is -0.239. The Morgan fingerprint density at radius 1 is 0.812 bits per heavy atom. The summed E-state index contributed by atoms with van der Waals surface area (Å²) in [5, 5.41) is 0. The van der Waals surface area contributed by atoms with Crippen LogP contribution in [0.5, 0.6) is 0 Å². The fourth-order valence-corrected chi connectivity index (χ4v) is 1.71. The third-order valence-electron chi connectivity index (χ3n) is 2.71. The Hall–Kier alpha value is -1.26. The number of methoxy groups -OCH3 is 2. The summed E-state index contributed by atoms with van der Waals surface area (Å²) in [6.07, 6.45) is 0. The van der Waals surface area contributed by atoms with E-state index in [1.807, 2.05) is 0 Å². The van der Waals surface area contributed by atoms with E-state index in [2.05, 4.69) is 0 Å². The van der Waals surface area contributed by atoms with Crippen molar-refractivity contribution in [2.45, 2.75) is 13.8 Å². The Morgan fingerprint density at radius 3 is 1.50 bits per heavy atom. The summed E-state index contributed by atoms with van der Waals surface area (Å²) >= 11 is 0. The zero-order chi connectivity index (χ0) is 12.3. The molecule has 0 aromatic carbocycles. The second-order valence-corrected chi connectivity index (χ2v) is 3.73. The van der Waals surface area contributed by atoms with Gasteiger partial charge in [-0.2, -0.15) is 0 Å². The second kappa shape index (κ2) is 5.18. The van der Waals surface area contributed by atoms with Gasteiger partial charge in [0.25, 0.3) is 0 Å². The number of hydrogen-bond donors (Lipinski definition) is 0. The van der Waals surface area contributed by atoms with Gasteiger partial charge in [0.05, 0.1) is 13.2 Å². The van der Waals surface area contributed by atoms with E-state index in [1.165, 1.54) is 14.2 Å². The number of rotatable bonds is 4. The van der Waals surface area contributed by atoms with Crippen molar-refractivity contribution in [3.63, 3.8) is 0 Å². The minimum absolute atomic E-state index is 0.0984.